The van der Waals surface area contributed by atoms with Gasteiger partial charge in [-0.3, -0.25) is 10.1 Å². The molecule has 0 amide bonds. The number of nitro benzene ring substituents is 1. The maximum Gasteiger partial charge on any atom is 0.269 e. The normalized spacial score (nSPS) is 18.1. The van der Waals surface area contributed by atoms with Gasteiger partial charge in [-0.05, 0) is 28.5 Å². The van der Waals surface area contributed by atoms with Gasteiger partial charge in [0.05, 0.1) is 31.2 Å². The van der Waals surface area contributed by atoms with Gasteiger partial charge < -0.3 is 14.8 Å². The molecule has 0 bridgehead atoms. The van der Waals surface area contributed by atoms with Gasteiger partial charge in [-0.25, -0.2) is 4.68 Å². The Balaban J connectivity index is 1.78. The number of nitro groups is 1. The van der Waals surface area contributed by atoms with Crippen molar-refractivity contribution in [2.45, 2.75) is 18.5 Å². The Labute approximate surface area is 160 Å². The van der Waals surface area contributed by atoms with Gasteiger partial charge in [-0.2, -0.15) is 0 Å². The van der Waals surface area contributed by atoms with Gasteiger partial charge in [-0.1, -0.05) is 29.4 Å². The molecule has 1 aromatic heterocycles. The number of nitrogens with one attached hydrogen (secondary N) is 1. The largest absolute Gasteiger partial charge is 0.493 e. The van der Waals surface area contributed by atoms with Crippen LogP contribution in [0.4, 0.5) is 11.6 Å². The number of aromatic nitrogens is 4. The molecule has 2 atom stereocenters. The number of hydrogen-bond donors (Lipinski definition) is 1. The Bertz CT molecular complexity index is 1020. The van der Waals surface area contributed by atoms with E-state index in [1.807, 2.05) is 24.3 Å². The minimum atomic E-state index is -0.404. The van der Waals surface area contributed by atoms with Crippen LogP contribution in [-0.4, -0.2) is 39.4 Å². The Morgan fingerprint density at radius 2 is 2.04 bits per heavy atom. The molecule has 4 rings (SSSR count). The highest BCUT2D eigenvalue weighted by molar-refractivity contribution is 5.50. The summed E-state index contributed by atoms with van der Waals surface area (Å²) in [7, 11) is 3.17. The Kier molecular flexibility index (Phi) is 4.52. The summed E-state index contributed by atoms with van der Waals surface area (Å²) in [4.78, 5) is 10.7. The van der Waals surface area contributed by atoms with E-state index >= 15 is 0 Å². The van der Waals surface area contributed by atoms with E-state index in [9.17, 15) is 10.1 Å². The number of anilines is 1. The number of fused-ring (bicyclic) bond motifs is 1. The first-order chi connectivity index (χ1) is 13.6. The number of methoxy groups -OCH3 is 2. The van der Waals surface area contributed by atoms with Gasteiger partial charge in [-0.15, -0.1) is 0 Å². The van der Waals surface area contributed by atoms with Gasteiger partial charge in [0.1, 0.15) is 0 Å². The number of tetrazole rings is 1. The first-order valence-electron chi connectivity index (χ1n) is 8.62. The summed E-state index contributed by atoms with van der Waals surface area (Å²) in [6.07, 6.45) is 0.572. The van der Waals surface area contributed by atoms with Crippen LogP contribution in [-0.2, 0) is 0 Å². The van der Waals surface area contributed by atoms with Crippen LogP contribution < -0.4 is 14.8 Å². The first-order valence-corrected chi connectivity index (χ1v) is 8.62. The van der Waals surface area contributed by atoms with Crippen LogP contribution in [0.2, 0.25) is 0 Å². The van der Waals surface area contributed by atoms with Crippen molar-refractivity contribution in [1.82, 2.24) is 20.2 Å². The fourth-order valence-corrected chi connectivity index (χ4v) is 3.54. The van der Waals surface area contributed by atoms with Crippen molar-refractivity contribution in [3.05, 3.63) is 63.7 Å². The minimum absolute atomic E-state index is 0.0416. The Hall–Kier alpha value is -3.69. The molecule has 10 heteroatoms. The third kappa shape index (κ3) is 2.98. The molecule has 0 aliphatic carbocycles. The zero-order valence-corrected chi connectivity index (χ0v) is 15.3. The van der Waals surface area contributed by atoms with Crippen LogP contribution in [0, 0.1) is 10.1 Å². The second-order valence-electron chi connectivity index (χ2n) is 6.33. The molecule has 1 aliphatic heterocycles. The zero-order valence-electron chi connectivity index (χ0n) is 15.3. The second-order valence-corrected chi connectivity index (χ2v) is 6.33. The van der Waals surface area contributed by atoms with Crippen LogP contribution in [0.3, 0.4) is 0 Å². The van der Waals surface area contributed by atoms with Crippen molar-refractivity contribution in [3.8, 4) is 11.5 Å². The summed E-state index contributed by atoms with van der Waals surface area (Å²) in [5.74, 6) is 1.70. The Morgan fingerprint density at radius 1 is 1.21 bits per heavy atom. The van der Waals surface area contributed by atoms with Crippen molar-refractivity contribution < 1.29 is 14.4 Å². The summed E-state index contributed by atoms with van der Waals surface area (Å²) in [5, 5.41) is 26.3. The third-order valence-corrected chi connectivity index (χ3v) is 4.83. The summed E-state index contributed by atoms with van der Waals surface area (Å²) in [6.45, 7) is 0. The van der Waals surface area contributed by atoms with Gasteiger partial charge >= 0.3 is 0 Å². The zero-order chi connectivity index (χ0) is 19.7. The first kappa shape index (κ1) is 17.7. The predicted molar refractivity (Wildman–Crippen MR) is 99.6 cm³/mol. The molecule has 0 fully saturated rings. The van der Waals surface area contributed by atoms with Gasteiger partial charge in [0.25, 0.3) is 5.69 Å². The van der Waals surface area contributed by atoms with E-state index < -0.39 is 4.92 Å². The average molecular weight is 382 g/mol. The fraction of sp³-hybridized carbons (Fsp3) is 0.278. The molecule has 10 nitrogen and oxygen atoms in total. The third-order valence-electron chi connectivity index (χ3n) is 4.83. The SMILES string of the molecule is COc1cccc([C@H]2C[C@@H](c3cccc([N+](=O)[O-])c3)Nc3nnnn32)c1OC. The van der Waals surface area contributed by atoms with Crippen LogP contribution >= 0.6 is 0 Å². The molecular formula is C18H18N6O4. The molecule has 2 heterocycles. The van der Waals surface area contributed by atoms with Crippen molar-refractivity contribution in [2.24, 2.45) is 0 Å². The minimum Gasteiger partial charge on any atom is -0.493 e. The summed E-state index contributed by atoms with van der Waals surface area (Å²) in [6, 6.07) is 11.8. The van der Waals surface area contributed by atoms with Gasteiger partial charge in [0.15, 0.2) is 11.5 Å². The van der Waals surface area contributed by atoms with E-state index in [1.165, 1.54) is 6.07 Å². The molecule has 0 saturated carbocycles. The highest BCUT2D eigenvalue weighted by atomic mass is 16.6. The van der Waals surface area contributed by atoms with Gasteiger partial charge in [0, 0.05) is 17.7 Å². The average Bonchev–Trinajstić information content (AvgIpc) is 3.21. The molecule has 1 N–H and O–H groups in total. The maximum atomic E-state index is 11.2. The number of hydrogen-bond acceptors (Lipinski definition) is 8. The summed E-state index contributed by atoms with van der Waals surface area (Å²) >= 11 is 0. The van der Waals surface area contributed by atoms with Crippen molar-refractivity contribution in [3.63, 3.8) is 0 Å². The van der Waals surface area contributed by atoms with E-state index in [4.69, 9.17) is 9.47 Å². The molecule has 3 aromatic rings. The lowest BCUT2D eigenvalue weighted by Crippen LogP contribution is -2.28. The number of para-hydroxylation sites is 1. The monoisotopic (exact) mass is 382 g/mol. The van der Waals surface area contributed by atoms with Crippen molar-refractivity contribution >= 4 is 11.6 Å². The van der Waals surface area contributed by atoms with Crippen LogP contribution in [0.15, 0.2) is 42.5 Å². The lowest BCUT2D eigenvalue weighted by Gasteiger charge is -2.31. The number of non-ortho nitro benzene ring substituents is 1. The molecule has 0 radical (unpaired) electrons. The number of rotatable bonds is 5. The molecular weight excluding hydrogens is 364 g/mol. The van der Waals surface area contributed by atoms with E-state index in [0.717, 1.165) is 11.1 Å². The Morgan fingerprint density at radius 3 is 2.79 bits per heavy atom. The molecule has 2 aromatic carbocycles. The van der Waals surface area contributed by atoms with Crippen LogP contribution in [0.5, 0.6) is 11.5 Å². The topological polar surface area (TPSA) is 117 Å². The molecule has 28 heavy (non-hydrogen) atoms. The van der Waals surface area contributed by atoms with E-state index in [-0.39, 0.29) is 17.8 Å². The highest BCUT2D eigenvalue weighted by Crippen LogP contribution is 2.43. The van der Waals surface area contributed by atoms with Crippen LogP contribution in [0.25, 0.3) is 0 Å². The molecule has 0 saturated heterocycles. The van der Waals surface area contributed by atoms with Crippen LogP contribution in [0.1, 0.15) is 29.6 Å². The van der Waals surface area contributed by atoms with E-state index in [2.05, 4.69) is 20.8 Å². The lowest BCUT2D eigenvalue weighted by atomic mass is 9.92. The highest BCUT2D eigenvalue weighted by Gasteiger charge is 2.33. The maximum absolute atomic E-state index is 11.2. The number of ether oxygens (including phenoxy) is 2. The number of benzene rings is 2. The smallest absolute Gasteiger partial charge is 0.269 e. The fourth-order valence-electron chi connectivity index (χ4n) is 3.54. The molecule has 144 valence electrons. The predicted octanol–water partition coefficient (Wildman–Crippen LogP) is 2.74. The summed E-state index contributed by atoms with van der Waals surface area (Å²) < 4.78 is 12.7. The molecule has 0 unspecified atom stereocenters. The quantitative estimate of drug-likeness (QED) is 0.529. The van der Waals surface area contributed by atoms with Crippen molar-refractivity contribution in [2.75, 3.05) is 19.5 Å². The van der Waals surface area contributed by atoms with E-state index in [1.54, 1.807) is 31.0 Å². The standard InChI is InChI=1S/C18H18N6O4/c1-27-16-8-4-7-13(17(16)28-2)15-10-14(19-18-20-21-22-23(15)18)11-5-3-6-12(9-11)24(25)26/h3-9,14-15H,10H2,1-2H3,(H,19,20,22)/t14-,15+/m0/s1. The van der Waals surface area contributed by atoms with Crippen molar-refractivity contribution in [1.29, 1.82) is 0 Å². The second kappa shape index (κ2) is 7.14. The van der Waals surface area contributed by atoms with Gasteiger partial charge in [0.2, 0.25) is 5.95 Å². The lowest BCUT2D eigenvalue weighted by molar-refractivity contribution is -0.384. The van der Waals surface area contributed by atoms with E-state index in [0.29, 0.717) is 23.9 Å². The summed E-state index contributed by atoms with van der Waals surface area (Å²) in [5.41, 5.74) is 1.70. The molecule has 1 aliphatic rings. The number of nitrogens with zero attached hydrogens (tertiary/aromatic N) is 5. The molecule has 0 spiro atoms.